The molecule has 166 valence electrons. The van der Waals surface area contributed by atoms with Gasteiger partial charge in [0.1, 0.15) is 12.2 Å². The van der Waals surface area contributed by atoms with Crippen molar-refractivity contribution in [2.45, 2.75) is 51.7 Å². The predicted octanol–water partition coefficient (Wildman–Crippen LogP) is 3.46. The van der Waals surface area contributed by atoms with Crippen LogP contribution in [0.1, 0.15) is 37.6 Å². The molecule has 1 aromatic heterocycles. The lowest BCUT2D eigenvalue weighted by Crippen LogP contribution is -2.40. The van der Waals surface area contributed by atoms with E-state index in [2.05, 4.69) is 44.5 Å². The molecule has 1 aromatic carbocycles. The van der Waals surface area contributed by atoms with E-state index in [-0.39, 0.29) is 30.1 Å². The lowest BCUT2D eigenvalue weighted by Gasteiger charge is -2.21. The molecule has 30 heavy (non-hydrogen) atoms. The Bertz CT molecular complexity index is 761. The molecule has 0 spiro atoms. The fourth-order valence-electron chi connectivity index (χ4n) is 3.33. The van der Waals surface area contributed by atoms with Crippen LogP contribution in [0.5, 0.6) is 0 Å². The second-order valence-corrected chi connectivity index (χ2v) is 7.64. The van der Waals surface area contributed by atoms with Crippen LogP contribution in [0.2, 0.25) is 5.02 Å². The summed E-state index contributed by atoms with van der Waals surface area (Å²) in [6.45, 7) is 5.97. The highest BCUT2D eigenvalue weighted by molar-refractivity contribution is 14.0. The summed E-state index contributed by atoms with van der Waals surface area (Å²) in [7, 11) is 0. The summed E-state index contributed by atoms with van der Waals surface area (Å²) in [5.74, 6) is 1.82. The first-order valence-corrected chi connectivity index (χ1v) is 10.9. The van der Waals surface area contributed by atoms with E-state index < -0.39 is 0 Å². The third-order valence-electron chi connectivity index (χ3n) is 5.00. The molecule has 0 amide bonds. The Balaban J connectivity index is 0.00000320. The molecule has 1 atom stereocenters. The van der Waals surface area contributed by atoms with Crippen LogP contribution in [0.4, 0.5) is 0 Å². The van der Waals surface area contributed by atoms with Gasteiger partial charge in [0, 0.05) is 37.7 Å². The Morgan fingerprint density at radius 2 is 2.03 bits per heavy atom. The van der Waals surface area contributed by atoms with Crippen molar-refractivity contribution >= 4 is 41.5 Å². The van der Waals surface area contributed by atoms with E-state index in [1.54, 1.807) is 6.33 Å². The maximum Gasteiger partial charge on any atom is 0.191 e. The molecule has 0 bridgehead atoms. The Kier molecular flexibility index (Phi) is 11.5. The van der Waals surface area contributed by atoms with Gasteiger partial charge in [-0.05, 0) is 43.4 Å². The van der Waals surface area contributed by atoms with E-state index in [1.807, 2.05) is 12.1 Å². The van der Waals surface area contributed by atoms with Gasteiger partial charge < -0.3 is 19.9 Å². The molecule has 2 heterocycles. The highest BCUT2D eigenvalue weighted by Gasteiger charge is 2.13. The maximum absolute atomic E-state index is 5.96. The molecule has 1 aliphatic heterocycles. The minimum absolute atomic E-state index is 0. The van der Waals surface area contributed by atoms with Crippen LogP contribution < -0.4 is 10.6 Å². The quantitative estimate of drug-likeness (QED) is 0.286. The van der Waals surface area contributed by atoms with Crippen molar-refractivity contribution < 1.29 is 4.74 Å². The minimum Gasteiger partial charge on any atom is -0.376 e. The van der Waals surface area contributed by atoms with Crippen LogP contribution in [0, 0.1) is 0 Å². The van der Waals surface area contributed by atoms with Crippen molar-refractivity contribution in [3.05, 3.63) is 47.0 Å². The van der Waals surface area contributed by atoms with Gasteiger partial charge in [0.25, 0.3) is 0 Å². The lowest BCUT2D eigenvalue weighted by atomic mass is 10.1. The zero-order chi connectivity index (χ0) is 20.3. The topological polar surface area (TPSA) is 76.4 Å². The summed E-state index contributed by atoms with van der Waals surface area (Å²) < 4.78 is 7.88. The van der Waals surface area contributed by atoms with Crippen molar-refractivity contribution in [3.63, 3.8) is 0 Å². The Labute approximate surface area is 201 Å². The van der Waals surface area contributed by atoms with Gasteiger partial charge in [-0.25, -0.2) is 0 Å². The van der Waals surface area contributed by atoms with Crippen molar-refractivity contribution in [2.75, 3.05) is 26.2 Å². The number of aryl methyl sites for hydroxylation is 1. The highest BCUT2D eigenvalue weighted by atomic mass is 127. The first-order chi connectivity index (χ1) is 14.2. The van der Waals surface area contributed by atoms with Gasteiger partial charge in [0.15, 0.2) is 5.96 Å². The normalized spacial score (nSPS) is 16.7. The maximum atomic E-state index is 5.96. The number of hydrogen-bond donors (Lipinski definition) is 2. The van der Waals surface area contributed by atoms with Gasteiger partial charge in [-0.2, -0.15) is 0 Å². The van der Waals surface area contributed by atoms with E-state index in [4.69, 9.17) is 21.3 Å². The molecule has 2 N–H and O–H groups in total. The van der Waals surface area contributed by atoms with Crippen molar-refractivity contribution in [1.82, 2.24) is 25.4 Å². The van der Waals surface area contributed by atoms with E-state index in [1.165, 1.54) is 12.0 Å². The number of hydrogen-bond acceptors (Lipinski definition) is 4. The zero-order valence-electron chi connectivity index (χ0n) is 17.5. The molecular weight excluding hydrogens is 515 g/mol. The smallest absolute Gasteiger partial charge is 0.191 e. The zero-order valence-corrected chi connectivity index (χ0v) is 20.6. The number of aromatic nitrogens is 3. The lowest BCUT2D eigenvalue weighted by molar-refractivity contribution is 0.0224. The molecule has 1 saturated heterocycles. The van der Waals surface area contributed by atoms with Crippen LogP contribution in [-0.2, 0) is 24.1 Å². The number of aliphatic imine (C=N–C) groups is 1. The van der Waals surface area contributed by atoms with Crippen LogP contribution in [0.3, 0.4) is 0 Å². The standard InChI is InChI=1S/C21H31ClN6O.HI/c1-2-20-27-26-16-28(20)13-12-24-21(25-15-19-5-3-4-14-29-19)23-11-10-17-6-8-18(22)9-7-17;/h6-9,16,19H,2-5,10-15H2,1H3,(H2,23,24,25);1H. The molecule has 0 aliphatic carbocycles. The molecule has 1 aliphatic rings. The number of benzene rings is 1. The number of guanidine groups is 1. The SMILES string of the molecule is CCc1nncn1CCNC(=NCC1CCCCO1)NCCc1ccc(Cl)cc1.I. The fourth-order valence-corrected chi connectivity index (χ4v) is 3.46. The van der Waals surface area contributed by atoms with E-state index in [0.29, 0.717) is 6.54 Å². The average Bonchev–Trinajstić information content (AvgIpc) is 3.21. The van der Waals surface area contributed by atoms with Crippen molar-refractivity contribution in [1.29, 1.82) is 0 Å². The van der Waals surface area contributed by atoms with Gasteiger partial charge in [0.05, 0.1) is 12.6 Å². The third-order valence-corrected chi connectivity index (χ3v) is 5.26. The first kappa shape index (κ1) is 24.9. The molecule has 3 rings (SSSR count). The summed E-state index contributed by atoms with van der Waals surface area (Å²) in [5, 5.41) is 15.8. The largest absolute Gasteiger partial charge is 0.376 e. The van der Waals surface area contributed by atoms with Crippen LogP contribution in [0.15, 0.2) is 35.6 Å². The van der Waals surface area contributed by atoms with Gasteiger partial charge in [-0.3, -0.25) is 4.99 Å². The second kappa shape index (κ2) is 13.8. The number of nitrogens with zero attached hydrogens (tertiary/aromatic N) is 4. The van der Waals surface area contributed by atoms with E-state index in [0.717, 1.165) is 68.7 Å². The summed E-state index contributed by atoms with van der Waals surface area (Å²) in [4.78, 5) is 4.76. The van der Waals surface area contributed by atoms with Crippen LogP contribution in [-0.4, -0.2) is 53.1 Å². The summed E-state index contributed by atoms with van der Waals surface area (Å²) >= 11 is 5.96. The molecule has 1 fully saturated rings. The Hall–Kier alpha value is -1.39. The Morgan fingerprint density at radius 1 is 1.23 bits per heavy atom. The van der Waals surface area contributed by atoms with Crippen molar-refractivity contribution in [2.24, 2.45) is 4.99 Å². The monoisotopic (exact) mass is 546 g/mol. The third kappa shape index (κ3) is 8.39. The number of halogens is 2. The number of rotatable bonds is 9. The average molecular weight is 547 g/mol. The molecular formula is C21H32ClIN6O. The predicted molar refractivity (Wildman–Crippen MR) is 132 cm³/mol. The first-order valence-electron chi connectivity index (χ1n) is 10.5. The minimum atomic E-state index is 0. The van der Waals surface area contributed by atoms with Gasteiger partial charge in [-0.15, -0.1) is 34.2 Å². The number of nitrogens with one attached hydrogen (secondary N) is 2. The highest BCUT2D eigenvalue weighted by Crippen LogP contribution is 2.12. The summed E-state index contributed by atoms with van der Waals surface area (Å²) in [5.41, 5.74) is 1.24. The van der Waals surface area contributed by atoms with Crippen LogP contribution >= 0.6 is 35.6 Å². The van der Waals surface area contributed by atoms with Crippen molar-refractivity contribution in [3.8, 4) is 0 Å². The van der Waals surface area contributed by atoms with Crippen LogP contribution in [0.25, 0.3) is 0 Å². The molecule has 0 radical (unpaired) electrons. The molecule has 7 nitrogen and oxygen atoms in total. The summed E-state index contributed by atoms with van der Waals surface area (Å²) in [6.07, 6.45) is 7.25. The molecule has 9 heteroatoms. The Morgan fingerprint density at radius 3 is 2.77 bits per heavy atom. The summed E-state index contributed by atoms with van der Waals surface area (Å²) in [6, 6.07) is 7.97. The van der Waals surface area contributed by atoms with Gasteiger partial charge >= 0.3 is 0 Å². The van der Waals surface area contributed by atoms with E-state index in [9.17, 15) is 0 Å². The second-order valence-electron chi connectivity index (χ2n) is 7.20. The van der Waals surface area contributed by atoms with Gasteiger partial charge in [0.2, 0.25) is 0 Å². The molecule has 2 aromatic rings. The van der Waals surface area contributed by atoms with E-state index >= 15 is 0 Å². The molecule has 0 saturated carbocycles. The number of ether oxygens (including phenoxy) is 1. The molecule has 1 unspecified atom stereocenters. The fraction of sp³-hybridized carbons (Fsp3) is 0.571. The van der Waals surface area contributed by atoms with Gasteiger partial charge in [-0.1, -0.05) is 30.7 Å².